The second kappa shape index (κ2) is 5.15. The molecular formula is C13H13ClN2O. The molecule has 0 unspecified atom stereocenters. The molecular weight excluding hydrogens is 236 g/mol. The van der Waals surface area contributed by atoms with Gasteiger partial charge in [-0.2, -0.15) is 0 Å². The van der Waals surface area contributed by atoms with Crippen LogP contribution in [0.4, 0.5) is 0 Å². The molecule has 0 N–H and O–H groups in total. The third kappa shape index (κ3) is 2.94. The van der Waals surface area contributed by atoms with Gasteiger partial charge >= 0.3 is 0 Å². The third-order valence-corrected chi connectivity index (χ3v) is 2.64. The first-order chi connectivity index (χ1) is 8.19. The molecule has 88 valence electrons. The van der Waals surface area contributed by atoms with Crippen LogP contribution < -0.4 is 4.74 Å². The van der Waals surface area contributed by atoms with E-state index in [4.69, 9.17) is 16.3 Å². The lowest BCUT2D eigenvalue weighted by molar-refractivity contribution is 0.456. The fourth-order valence-electron chi connectivity index (χ4n) is 1.49. The Labute approximate surface area is 105 Å². The van der Waals surface area contributed by atoms with E-state index in [-0.39, 0.29) is 0 Å². The number of rotatable bonds is 3. The number of halogens is 1. The fraction of sp³-hybridized carbons (Fsp3) is 0.231. The molecule has 0 aliphatic carbocycles. The van der Waals surface area contributed by atoms with Crippen LogP contribution in [0.5, 0.6) is 11.6 Å². The Hall–Kier alpha value is -1.61. The van der Waals surface area contributed by atoms with Crippen molar-refractivity contribution in [3.8, 4) is 11.6 Å². The second-order valence-corrected chi connectivity index (χ2v) is 4.12. The van der Waals surface area contributed by atoms with Crippen molar-refractivity contribution >= 4 is 11.6 Å². The Morgan fingerprint density at radius 3 is 2.59 bits per heavy atom. The first-order valence-electron chi connectivity index (χ1n) is 5.31. The minimum atomic E-state index is 0.358. The molecule has 1 aromatic heterocycles. The summed E-state index contributed by atoms with van der Waals surface area (Å²) in [4.78, 5) is 8.26. The van der Waals surface area contributed by atoms with Gasteiger partial charge < -0.3 is 4.74 Å². The topological polar surface area (TPSA) is 35.0 Å². The molecule has 0 saturated heterocycles. The van der Waals surface area contributed by atoms with E-state index in [2.05, 4.69) is 16.0 Å². The summed E-state index contributed by atoms with van der Waals surface area (Å²) < 4.78 is 5.65. The standard InChI is InChI=1S/C13H13ClN2O/c1-9-3-4-12(10(2)5-9)17-13-8-15-11(6-14)7-16-13/h3-5,7-8H,6H2,1-2H3. The lowest BCUT2D eigenvalue weighted by atomic mass is 10.1. The van der Waals surface area contributed by atoms with Gasteiger partial charge in [0.2, 0.25) is 5.88 Å². The minimum absolute atomic E-state index is 0.358. The zero-order valence-electron chi connectivity index (χ0n) is 9.77. The monoisotopic (exact) mass is 248 g/mol. The molecule has 3 nitrogen and oxygen atoms in total. The highest BCUT2D eigenvalue weighted by Gasteiger charge is 2.03. The van der Waals surface area contributed by atoms with Crippen LogP contribution in [0.2, 0.25) is 0 Å². The summed E-state index contributed by atoms with van der Waals surface area (Å²) in [5.74, 6) is 1.63. The molecule has 0 amide bonds. The molecule has 0 aliphatic rings. The molecule has 2 rings (SSSR count). The number of ether oxygens (including phenoxy) is 1. The quantitative estimate of drug-likeness (QED) is 0.778. The van der Waals surface area contributed by atoms with Crippen molar-refractivity contribution in [3.05, 3.63) is 47.4 Å². The van der Waals surface area contributed by atoms with Crippen LogP contribution in [-0.2, 0) is 5.88 Å². The maximum Gasteiger partial charge on any atom is 0.237 e. The first kappa shape index (κ1) is 11.9. The molecule has 0 atom stereocenters. The molecule has 0 aliphatic heterocycles. The largest absolute Gasteiger partial charge is 0.437 e. The molecule has 0 saturated carbocycles. The number of hydrogen-bond donors (Lipinski definition) is 0. The van der Waals surface area contributed by atoms with E-state index in [0.29, 0.717) is 11.8 Å². The molecule has 1 heterocycles. The van der Waals surface area contributed by atoms with E-state index in [1.54, 1.807) is 12.4 Å². The average Bonchev–Trinajstić information content (AvgIpc) is 2.34. The maximum atomic E-state index is 5.65. The van der Waals surface area contributed by atoms with E-state index in [1.165, 1.54) is 5.56 Å². The lowest BCUT2D eigenvalue weighted by Gasteiger charge is -2.08. The fourth-order valence-corrected chi connectivity index (χ4v) is 1.63. The zero-order valence-corrected chi connectivity index (χ0v) is 10.5. The van der Waals surface area contributed by atoms with Gasteiger partial charge in [-0.05, 0) is 25.5 Å². The van der Waals surface area contributed by atoms with Crippen LogP contribution >= 0.6 is 11.6 Å². The Morgan fingerprint density at radius 2 is 2.00 bits per heavy atom. The molecule has 17 heavy (non-hydrogen) atoms. The summed E-state index contributed by atoms with van der Waals surface area (Å²) in [6.07, 6.45) is 3.20. The van der Waals surface area contributed by atoms with Gasteiger partial charge in [-0.1, -0.05) is 17.7 Å². The van der Waals surface area contributed by atoms with Crippen molar-refractivity contribution in [3.63, 3.8) is 0 Å². The van der Waals surface area contributed by atoms with Crippen LogP contribution in [0.3, 0.4) is 0 Å². The van der Waals surface area contributed by atoms with Crippen LogP contribution in [0.15, 0.2) is 30.6 Å². The number of hydrogen-bond acceptors (Lipinski definition) is 3. The third-order valence-electron chi connectivity index (χ3n) is 2.36. The molecule has 0 bridgehead atoms. The number of aryl methyl sites for hydroxylation is 2. The van der Waals surface area contributed by atoms with Gasteiger partial charge in [-0.15, -0.1) is 11.6 Å². The summed E-state index contributed by atoms with van der Waals surface area (Å²) in [7, 11) is 0. The smallest absolute Gasteiger partial charge is 0.237 e. The predicted molar refractivity (Wildman–Crippen MR) is 67.6 cm³/mol. The highest BCUT2D eigenvalue weighted by Crippen LogP contribution is 2.23. The Kier molecular flexibility index (Phi) is 3.59. The summed E-state index contributed by atoms with van der Waals surface area (Å²) >= 11 is 5.64. The molecule has 0 fully saturated rings. The SMILES string of the molecule is Cc1ccc(Oc2cnc(CCl)cn2)c(C)c1. The van der Waals surface area contributed by atoms with Crippen molar-refractivity contribution in [1.29, 1.82) is 0 Å². The summed E-state index contributed by atoms with van der Waals surface area (Å²) in [5.41, 5.74) is 3.02. The normalized spacial score (nSPS) is 10.3. The number of benzene rings is 1. The number of aromatic nitrogens is 2. The van der Waals surface area contributed by atoms with E-state index >= 15 is 0 Å². The first-order valence-corrected chi connectivity index (χ1v) is 5.84. The zero-order chi connectivity index (χ0) is 12.3. The van der Waals surface area contributed by atoms with Gasteiger partial charge in [0.15, 0.2) is 0 Å². The molecule has 2 aromatic rings. The van der Waals surface area contributed by atoms with E-state index in [1.807, 2.05) is 26.0 Å². The van der Waals surface area contributed by atoms with Crippen molar-refractivity contribution in [2.45, 2.75) is 19.7 Å². The lowest BCUT2D eigenvalue weighted by Crippen LogP contribution is -1.93. The van der Waals surface area contributed by atoms with Gasteiger partial charge in [-0.3, -0.25) is 4.98 Å². The average molecular weight is 249 g/mol. The summed E-state index contributed by atoms with van der Waals surface area (Å²) in [5, 5.41) is 0. The van der Waals surface area contributed by atoms with Crippen molar-refractivity contribution in [2.24, 2.45) is 0 Å². The van der Waals surface area contributed by atoms with Gasteiger partial charge in [0.05, 0.1) is 24.0 Å². The van der Waals surface area contributed by atoms with Crippen LogP contribution in [0.25, 0.3) is 0 Å². The van der Waals surface area contributed by atoms with E-state index in [9.17, 15) is 0 Å². The van der Waals surface area contributed by atoms with Crippen LogP contribution in [0.1, 0.15) is 16.8 Å². The van der Waals surface area contributed by atoms with E-state index < -0.39 is 0 Å². The Bertz CT molecular complexity index is 511. The predicted octanol–water partition coefficient (Wildman–Crippen LogP) is 3.62. The van der Waals surface area contributed by atoms with Gasteiger partial charge in [-0.25, -0.2) is 4.98 Å². The number of alkyl halides is 1. The van der Waals surface area contributed by atoms with Gasteiger partial charge in [0, 0.05) is 0 Å². The van der Waals surface area contributed by atoms with Crippen molar-refractivity contribution in [2.75, 3.05) is 0 Å². The van der Waals surface area contributed by atoms with E-state index in [0.717, 1.165) is 17.0 Å². The Balaban J connectivity index is 2.19. The second-order valence-electron chi connectivity index (χ2n) is 3.85. The molecule has 0 radical (unpaired) electrons. The van der Waals surface area contributed by atoms with Gasteiger partial charge in [0.1, 0.15) is 5.75 Å². The maximum absolute atomic E-state index is 5.65. The summed E-state index contributed by atoms with van der Waals surface area (Å²) in [6, 6.07) is 6.00. The Morgan fingerprint density at radius 1 is 1.18 bits per heavy atom. The molecule has 1 aromatic carbocycles. The van der Waals surface area contributed by atoms with Crippen LogP contribution in [0, 0.1) is 13.8 Å². The van der Waals surface area contributed by atoms with Crippen molar-refractivity contribution < 1.29 is 4.74 Å². The highest BCUT2D eigenvalue weighted by atomic mass is 35.5. The summed E-state index contributed by atoms with van der Waals surface area (Å²) in [6.45, 7) is 4.05. The van der Waals surface area contributed by atoms with Crippen LogP contribution in [-0.4, -0.2) is 9.97 Å². The molecule has 4 heteroatoms. The highest BCUT2D eigenvalue weighted by molar-refractivity contribution is 6.16. The minimum Gasteiger partial charge on any atom is -0.437 e. The van der Waals surface area contributed by atoms with Crippen molar-refractivity contribution in [1.82, 2.24) is 9.97 Å². The molecule has 0 spiro atoms. The van der Waals surface area contributed by atoms with Gasteiger partial charge in [0.25, 0.3) is 0 Å². The number of nitrogens with zero attached hydrogens (tertiary/aromatic N) is 2.